The summed E-state index contributed by atoms with van der Waals surface area (Å²) in [4.78, 5) is 13.5. The van der Waals surface area contributed by atoms with Crippen molar-refractivity contribution in [3.63, 3.8) is 0 Å². The molecule has 2 rings (SSSR count). The maximum absolute atomic E-state index is 10.9. The van der Waals surface area contributed by atoms with Crippen molar-refractivity contribution in [2.45, 2.75) is 39.2 Å². The fourth-order valence-corrected chi connectivity index (χ4v) is 2.52. The summed E-state index contributed by atoms with van der Waals surface area (Å²) in [6, 6.07) is 4.03. The minimum absolute atomic E-state index is 0.124. The highest BCUT2D eigenvalue weighted by Gasteiger charge is 2.22. The molecule has 1 atom stereocenters. The van der Waals surface area contributed by atoms with Crippen molar-refractivity contribution in [1.82, 2.24) is 15.1 Å². The molecule has 1 unspecified atom stereocenters. The SMILES string of the molecule is CC(C)N1CCCC(Cc2ccc(=O)[nH]n2)C1. The van der Waals surface area contributed by atoms with Gasteiger partial charge in [0.1, 0.15) is 0 Å². The minimum atomic E-state index is -0.124. The number of piperidine rings is 1. The van der Waals surface area contributed by atoms with Crippen LogP contribution in [0.15, 0.2) is 16.9 Å². The highest BCUT2D eigenvalue weighted by atomic mass is 16.1. The Bertz CT molecular complexity index is 393. The van der Waals surface area contributed by atoms with Crippen molar-refractivity contribution in [2.24, 2.45) is 5.92 Å². The summed E-state index contributed by atoms with van der Waals surface area (Å²) in [7, 11) is 0. The molecule has 0 aliphatic carbocycles. The van der Waals surface area contributed by atoms with Crippen LogP contribution in [0.5, 0.6) is 0 Å². The zero-order valence-corrected chi connectivity index (χ0v) is 10.6. The van der Waals surface area contributed by atoms with Gasteiger partial charge in [0.25, 0.3) is 5.56 Å². The van der Waals surface area contributed by atoms with Crippen molar-refractivity contribution < 1.29 is 0 Å². The van der Waals surface area contributed by atoms with Crippen LogP contribution in [0.3, 0.4) is 0 Å². The zero-order valence-electron chi connectivity index (χ0n) is 10.6. The number of aromatic amines is 1. The third kappa shape index (κ3) is 3.40. The number of nitrogens with one attached hydrogen (secondary N) is 1. The van der Waals surface area contributed by atoms with Crippen LogP contribution in [0.4, 0.5) is 0 Å². The van der Waals surface area contributed by atoms with Crippen LogP contribution in [0.2, 0.25) is 0 Å². The van der Waals surface area contributed by atoms with Crippen molar-refractivity contribution >= 4 is 0 Å². The predicted octanol–water partition coefficient (Wildman–Crippen LogP) is 1.43. The number of H-pyrrole nitrogens is 1. The van der Waals surface area contributed by atoms with E-state index in [1.807, 2.05) is 6.07 Å². The Morgan fingerprint density at radius 2 is 2.35 bits per heavy atom. The van der Waals surface area contributed by atoms with E-state index in [9.17, 15) is 4.79 Å². The van der Waals surface area contributed by atoms with E-state index in [1.54, 1.807) is 6.07 Å². The number of hydrogen-bond acceptors (Lipinski definition) is 3. The molecule has 0 amide bonds. The molecule has 1 aliphatic heterocycles. The first-order valence-electron chi connectivity index (χ1n) is 6.44. The number of likely N-dealkylation sites (tertiary alicyclic amines) is 1. The van der Waals surface area contributed by atoms with Crippen molar-refractivity contribution in [2.75, 3.05) is 13.1 Å². The molecule has 1 aromatic rings. The molecular weight excluding hydrogens is 214 g/mol. The monoisotopic (exact) mass is 235 g/mol. The molecule has 1 saturated heterocycles. The first kappa shape index (κ1) is 12.3. The Morgan fingerprint density at radius 1 is 1.53 bits per heavy atom. The minimum Gasteiger partial charge on any atom is -0.301 e. The Morgan fingerprint density at radius 3 is 3.00 bits per heavy atom. The molecule has 1 aromatic heterocycles. The third-order valence-electron chi connectivity index (χ3n) is 3.52. The van der Waals surface area contributed by atoms with Gasteiger partial charge in [-0.3, -0.25) is 4.79 Å². The predicted molar refractivity (Wildman–Crippen MR) is 68.0 cm³/mol. The molecule has 17 heavy (non-hydrogen) atoms. The van der Waals surface area contributed by atoms with Crippen LogP contribution in [0, 0.1) is 5.92 Å². The lowest BCUT2D eigenvalue weighted by Gasteiger charge is -2.35. The average Bonchev–Trinajstić information content (AvgIpc) is 2.32. The van der Waals surface area contributed by atoms with Crippen molar-refractivity contribution in [1.29, 1.82) is 0 Å². The Labute approximate surface area is 102 Å². The lowest BCUT2D eigenvalue weighted by atomic mass is 9.92. The van der Waals surface area contributed by atoms with Gasteiger partial charge in [0.05, 0.1) is 5.69 Å². The maximum atomic E-state index is 10.9. The summed E-state index contributed by atoms with van der Waals surface area (Å²) in [6.07, 6.45) is 3.51. The van der Waals surface area contributed by atoms with Crippen molar-refractivity contribution in [3.05, 3.63) is 28.2 Å². The molecule has 0 aromatic carbocycles. The molecule has 2 heterocycles. The van der Waals surface area contributed by atoms with E-state index in [1.165, 1.54) is 19.4 Å². The van der Waals surface area contributed by atoms with E-state index < -0.39 is 0 Å². The van der Waals surface area contributed by atoms with E-state index in [4.69, 9.17) is 0 Å². The summed E-state index contributed by atoms with van der Waals surface area (Å²) >= 11 is 0. The summed E-state index contributed by atoms with van der Waals surface area (Å²) in [6.45, 7) is 6.87. The third-order valence-corrected chi connectivity index (χ3v) is 3.52. The smallest absolute Gasteiger partial charge is 0.264 e. The van der Waals surface area contributed by atoms with Gasteiger partial charge < -0.3 is 4.90 Å². The van der Waals surface area contributed by atoms with Gasteiger partial charge in [-0.05, 0) is 51.6 Å². The molecule has 0 spiro atoms. The van der Waals surface area contributed by atoms with Gasteiger partial charge in [0.15, 0.2) is 0 Å². The number of aromatic nitrogens is 2. The number of rotatable bonds is 3. The molecule has 4 heteroatoms. The lowest BCUT2D eigenvalue weighted by Crippen LogP contribution is -2.40. The molecule has 1 N–H and O–H groups in total. The van der Waals surface area contributed by atoms with E-state index in [0.29, 0.717) is 12.0 Å². The molecule has 0 saturated carbocycles. The Kier molecular flexibility index (Phi) is 3.94. The van der Waals surface area contributed by atoms with Gasteiger partial charge in [0.2, 0.25) is 0 Å². The lowest BCUT2D eigenvalue weighted by molar-refractivity contribution is 0.139. The number of nitrogens with zero attached hydrogens (tertiary/aromatic N) is 2. The van der Waals surface area contributed by atoms with Gasteiger partial charge in [-0.2, -0.15) is 5.10 Å². The first-order chi connectivity index (χ1) is 8.15. The average molecular weight is 235 g/mol. The second kappa shape index (κ2) is 5.45. The maximum Gasteiger partial charge on any atom is 0.264 e. The van der Waals surface area contributed by atoms with Gasteiger partial charge >= 0.3 is 0 Å². The van der Waals surface area contributed by atoms with Gasteiger partial charge in [-0.25, -0.2) is 5.10 Å². The fourth-order valence-electron chi connectivity index (χ4n) is 2.52. The van der Waals surface area contributed by atoms with E-state index in [0.717, 1.165) is 18.7 Å². The van der Waals surface area contributed by atoms with E-state index >= 15 is 0 Å². The molecule has 0 radical (unpaired) electrons. The van der Waals surface area contributed by atoms with Crippen LogP contribution >= 0.6 is 0 Å². The summed E-state index contributed by atoms with van der Waals surface area (Å²) in [5.74, 6) is 0.671. The van der Waals surface area contributed by atoms with Crippen LogP contribution < -0.4 is 5.56 Å². The highest BCUT2D eigenvalue weighted by molar-refractivity contribution is 5.01. The van der Waals surface area contributed by atoms with Crippen LogP contribution in [0.25, 0.3) is 0 Å². The largest absolute Gasteiger partial charge is 0.301 e. The molecule has 1 aliphatic rings. The Hall–Kier alpha value is -1.16. The zero-order chi connectivity index (χ0) is 12.3. The summed E-state index contributed by atoms with van der Waals surface area (Å²) < 4.78 is 0. The second-order valence-electron chi connectivity index (χ2n) is 5.21. The topological polar surface area (TPSA) is 49.0 Å². The Balaban J connectivity index is 1.94. The van der Waals surface area contributed by atoms with Crippen molar-refractivity contribution in [3.8, 4) is 0 Å². The second-order valence-corrected chi connectivity index (χ2v) is 5.21. The molecular formula is C13H21N3O. The highest BCUT2D eigenvalue weighted by Crippen LogP contribution is 2.21. The normalized spacial score (nSPS) is 21.9. The summed E-state index contributed by atoms with van der Waals surface area (Å²) in [5, 5.41) is 6.59. The van der Waals surface area contributed by atoms with Crippen LogP contribution in [-0.2, 0) is 6.42 Å². The van der Waals surface area contributed by atoms with E-state index in [2.05, 4.69) is 28.9 Å². The van der Waals surface area contributed by atoms with Gasteiger partial charge in [0, 0.05) is 18.7 Å². The van der Waals surface area contributed by atoms with Gasteiger partial charge in [-0.15, -0.1) is 0 Å². The van der Waals surface area contributed by atoms with Gasteiger partial charge in [-0.1, -0.05) is 0 Å². The van der Waals surface area contributed by atoms with Crippen LogP contribution in [-0.4, -0.2) is 34.2 Å². The molecule has 0 bridgehead atoms. The first-order valence-corrected chi connectivity index (χ1v) is 6.44. The summed E-state index contributed by atoms with van der Waals surface area (Å²) in [5.41, 5.74) is 0.876. The fraction of sp³-hybridized carbons (Fsp3) is 0.692. The molecule has 94 valence electrons. The molecule has 4 nitrogen and oxygen atoms in total. The van der Waals surface area contributed by atoms with E-state index in [-0.39, 0.29) is 5.56 Å². The standard InChI is InChI=1S/C13H21N3O/c1-10(2)16-7-3-4-11(9-16)8-12-5-6-13(17)15-14-12/h5-6,10-11H,3-4,7-9H2,1-2H3,(H,15,17). The molecule has 1 fully saturated rings. The number of hydrogen-bond donors (Lipinski definition) is 1. The van der Waals surface area contributed by atoms with Crippen LogP contribution in [0.1, 0.15) is 32.4 Å². The quantitative estimate of drug-likeness (QED) is 0.862.